The standard InChI is InChI=1S/C13H15N2O2/c1-11-2-4-12(5-3-11)13(17)15-8-6-14(10-16)7-9-15/h2-5H,6-9H2,1H3. The normalized spacial score (nSPS) is 15.8. The Morgan fingerprint density at radius 1 is 1.12 bits per heavy atom. The summed E-state index contributed by atoms with van der Waals surface area (Å²) in [5, 5.41) is 0. The zero-order valence-electron chi connectivity index (χ0n) is 9.85. The smallest absolute Gasteiger partial charge is 0.312 e. The number of piperazine rings is 1. The molecule has 0 bridgehead atoms. The number of aryl methyl sites for hydroxylation is 1. The Labute approximate surface area is 101 Å². The van der Waals surface area contributed by atoms with Crippen molar-refractivity contribution in [1.82, 2.24) is 9.80 Å². The van der Waals surface area contributed by atoms with Crippen LogP contribution in [0.5, 0.6) is 0 Å². The lowest BCUT2D eigenvalue weighted by atomic mass is 10.1. The van der Waals surface area contributed by atoms with Crippen LogP contribution >= 0.6 is 0 Å². The second kappa shape index (κ2) is 4.99. The van der Waals surface area contributed by atoms with Crippen LogP contribution in [0.2, 0.25) is 0 Å². The SMILES string of the molecule is Cc1ccc(C(=O)N2CCN([C]=O)CC2)cc1. The predicted octanol–water partition coefficient (Wildman–Crippen LogP) is 0.820. The third-order valence-electron chi connectivity index (χ3n) is 2.99. The summed E-state index contributed by atoms with van der Waals surface area (Å²) in [6.07, 6.45) is 1.86. The first-order valence-electron chi connectivity index (χ1n) is 5.69. The van der Waals surface area contributed by atoms with Crippen LogP contribution in [0.15, 0.2) is 24.3 Å². The second-order valence-corrected chi connectivity index (χ2v) is 4.24. The summed E-state index contributed by atoms with van der Waals surface area (Å²) >= 11 is 0. The van der Waals surface area contributed by atoms with Crippen molar-refractivity contribution in [3.05, 3.63) is 35.4 Å². The molecule has 0 saturated carbocycles. The summed E-state index contributed by atoms with van der Waals surface area (Å²) in [6.45, 7) is 4.30. The first-order valence-corrected chi connectivity index (χ1v) is 5.69. The molecule has 1 radical (unpaired) electrons. The molecule has 4 nitrogen and oxygen atoms in total. The molecule has 0 aromatic heterocycles. The van der Waals surface area contributed by atoms with Crippen molar-refractivity contribution in [3.8, 4) is 0 Å². The van der Waals surface area contributed by atoms with Crippen LogP contribution in [-0.2, 0) is 4.79 Å². The van der Waals surface area contributed by atoms with Crippen molar-refractivity contribution >= 4 is 12.3 Å². The van der Waals surface area contributed by atoms with E-state index in [1.807, 2.05) is 37.6 Å². The summed E-state index contributed by atoms with van der Waals surface area (Å²) < 4.78 is 0. The van der Waals surface area contributed by atoms with E-state index in [-0.39, 0.29) is 5.91 Å². The minimum atomic E-state index is 0.0375. The molecule has 1 aromatic carbocycles. The molecule has 0 N–H and O–H groups in total. The maximum atomic E-state index is 12.1. The van der Waals surface area contributed by atoms with Crippen LogP contribution in [0.3, 0.4) is 0 Å². The van der Waals surface area contributed by atoms with Gasteiger partial charge in [-0.05, 0) is 19.1 Å². The lowest BCUT2D eigenvalue weighted by Crippen LogP contribution is -2.48. The van der Waals surface area contributed by atoms with Crippen molar-refractivity contribution in [3.63, 3.8) is 0 Å². The van der Waals surface area contributed by atoms with Crippen LogP contribution < -0.4 is 0 Å². The van der Waals surface area contributed by atoms with E-state index in [2.05, 4.69) is 0 Å². The number of amides is 2. The fraction of sp³-hybridized carbons (Fsp3) is 0.385. The van der Waals surface area contributed by atoms with Gasteiger partial charge in [-0.2, -0.15) is 0 Å². The van der Waals surface area contributed by atoms with Crippen molar-refractivity contribution in [2.75, 3.05) is 26.2 Å². The summed E-state index contributed by atoms with van der Waals surface area (Å²) in [6, 6.07) is 7.55. The van der Waals surface area contributed by atoms with Crippen LogP contribution in [0.25, 0.3) is 0 Å². The Kier molecular flexibility index (Phi) is 3.42. The number of nitrogens with zero attached hydrogens (tertiary/aromatic N) is 2. The molecule has 17 heavy (non-hydrogen) atoms. The van der Waals surface area contributed by atoms with E-state index < -0.39 is 0 Å². The maximum absolute atomic E-state index is 12.1. The number of hydrogen-bond acceptors (Lipinski definition) is 2. The van der Waals surface area contributed by atoms with Gasteiger partial charge in [0.25, 0.3) is 5.91 Å². The molecule has 1 fully saturated rings. The van der Waals surface area contributed by atoms with Gasteiger partial charge in [-0.15, -0.1) is 0 Å². The third kappa shape index (κ3) is 2.64. The fourth-order valence-corrected chi connectivity index (χ4v) is 1.88. The number of carbonyl (C=O) groups is 1. The molecule has 89 valence electrons. The number of rotatable bonds is 2. The highest BCUT2D eigenvalue weighted by Gasteiger charge is 2.21. The van der Waals surface area contributed by atoms with Crippen molar-refractivity contribution in [1.29, 1.82) is 0 Å². The molecule has 4 heteroatoms. The zero-order valence-corrected chi connectivity index (χ0v) is 9.85. The molecule has 2 amide bonds. The molecule has 1 heterocycles. The summed E-state index contributed by atoms with van der Waals surface area (Å²) in [7, 11) is 0. The van der Waals surface area contributed by atoms with Gasteiger partial charge >= 0.3 is 6.41 Å². The Bertz CT molecular complexity index is 406. The highest BCUT2D eigenvalue weighted by Crippen LogP contribution is 2.09. The Balaban J connectivity index is 2.01. The average Bonchev–Trinajstić information content (AvgIpc) is 2.39. The maximum Gasteiger partial charge on any atom is 0.312 e. The Morgan fingerprint density at radius 3 is 2.24 bits per heavy atom. The van der Waals surface area contributed by atoms with E-state index in [1.54, 1.807) is 9.80 Å². The quantitative estimate of drug-likeness (QED) is 0.756. The molecule has 1 aliphatic heterocycles. The minimum absolute atomic E-state index is 0.0375. The molecular formula is C13H15N2O2. The van der Waals surface area contributed by atoms with Crippen molar-refractivity contribution in [2.24, 2.45) is 0 Å². The molecule has 0 aliphatic carbocycles. The summed E-state index contributed by atoms with van der Waals surface area (Å²) in [5.74, 6) is 0.0375. The van der Waals surface area contributed by atoms with E-state index in [0.29, 0.717) is 31.7 Å². The highest BCUT2D eigenvalue weighted by atomic mass is 16.2. The first-order chi connectivity index (χ1) is 8.20. The van der Waals surface area contributed by atoms with Gasteiger partial charge in [-0.3, -0.25) is 9.59 Å². The molecule has 0 unspecified atom stereocenters. The van der Waals surface area contributed by atoms with Gasteiger partial charge in [-0.25, -0.2) is 0 Å². The number of carbonyl (C=O) groups excluding carboxylic acids is 2. The predicted molar refractivity (Wildman–Crippen MR) is 64.3 cm³/mol. The number of hydrogen-bond donors (Lipinski definition) is 0. The molecule has 0 atom stereocenters. The van der Waals surface area contributed by atoms with Gasteiger partial charge < -0.3 is 9.80 Å². The minimum Gasteiger partial charge on any atom is -0.335 e. The molecule has 2 rings (SSSR count). The first kappa shape index (κ1) is 11.6. The van der Waals surface area contributed by atoms with Crippen LogP contribution in [0.4, 0.5) is 0 Å². The fourth-order valence-electron chi connectivity index (χ4n) is 1.88. The topological polar surface area (TPSA) is 40.6 Å². The Morgan fingerprint density at radius 2 is 1.71 bits per heavy atom. The summed E-state index contributed by atoms with van der Waals surface area (Å²) in [5.41, 5.74) is 1.85. The molecule has 0 spiro atoms. The van der Waals surface area contributed by atoms with Gasteiger partial charge in [0.2, 0.25) is 0 Å². The van der Waals surface area contributed by atoms with E-state index in [4.69, 9.17) is 0 Å². The lowest BCUT2D eigenvalue weighted by molar-refractivity contribution is 0.0690. The second-order valence-electron chi connectivity index (χ2n) is 4.24. The van der Waals surface area contributed by atoms with Gasteiger partial charge in [0.1, 0.15) is 0 Å². The van der Waals surface area contributed by atoms with E-state index in [9.17, 15) is 9.59 Å². The number of benzene rings is 1. The zero-order chi connectivity index (χ0) is 12.3. The Hall–Kier alpha value is -1.84. The molecular weight excluding hydrogens is 216 g/mol. The van der Waals surface area contributed by atoms with E-state index in [1.165, 1.54) is 0 Å². The van der Waals surface area contributed by atoms with Crippen LogP contribution in [0.1, 0.15) is 15.9 Å². The van der Waals surface area contributed by atoms with E-state index in [0.717, 1.165) is 5.56 Å². The van der Waals surface area contributed by atoms with Gasteiger partial charge in [0.05, 0.1) is 0 Å². The van der Waals surface area contributed by atoms with E-state index >= 15 is 0 Å². The molecule has 1 aromatic rings. The average molecular weight is 231 g/mol. The highest BCUT2D eigenvalue weighted by molar-refractivity contribution is 5.94. The third-order valence-corrected chi connectivity index (χ3v) is 2.99. The van der Waals surface area contributed by atoms with Crippen molar-refractivity contribution < 1.29 is 9.59 Å². The van der Waals surface area contributed by atoms with Gasteiger partial charge in [0, 0.05) is 31.7 Å². The summed E-state index contributed by atoms with van der Waals surface area (Å²) in [4.78, 5) is 25.9. The largest absolute Gasteiger partial charge is 0.335 e. The van der Waals surface area contributed by atoms with Crippen LogP contribution in [-0.4, -0.2) is 48.3 Å². The molecule has 1 saturated heterocycles. The lowest BCUT2D eigenvalue weighted by Gasteiger charge is -2.32. The monoisotopic (exact) mass is 231 g/mol. The molecule has 1 aliphatic rings. The van der Waals surface area contributed by atoms with Crippen molar-refractivity contribution in [2.45, 2.75) is 6.92 Å². The van der Waals surface area contributed by atoms with Gasteiger partial charge in [-0.1, -0.05) is 17.7 Å². The van der Waals surface area contributed by atoms with Gasteiger partial charge in [0.15, 0.2) is 0 Å². The van der Waals surface area contributed by atoms with Crippen LogP contribution in [0, 0.1) is 6.92 Å².